The van der Waals surface area contributed by atoms with Crippen LogP contribution in [0.15, 0.2) is 53.7 Å². The third-order valence-electron chi connectivity index (χ3n) is 6.08. The molecule has 1 atom stereocenters. The van der Waals surface area contributed by atoms with Crippen LogP contribution in [0.25, 0.3) is 11.3 Å². The molecule has 1 aliphatic rings. The van der Waals surface area contributed by atoms with Gasteiger partial charge in [-0.25, -0.2) is 19.7 Å². The Morgan fingerprint density at radius 1 is 1.22 bits per heavy atom. The molecule has 0 spiro atoms. The molecular formula is C26H34N6O4S. The molecule has 0 bridgehead atoms. The van der Waals surface area contributed by atoms with E-state index in [-0.39, 0.29) is 29.5 Å². The number of rotatable bonds is 7. The number of ether oxygens (including phenoxy) is 1. The van der Waals surface area contributed by atoms with Crippen molar-refractivity contribution >= 4 is 27.6 Å². The van der Waals surface area contributed by atoms with Gasteiger partial charge in [-0.2, -0.15) is 8.42 Å². The van der Waals surface area contributed by atoms with Crippen LogP contribution in [-0.2, 0) is 10.0 Å². The van der Waals surface area contributed by atoms with Crippen molar-refractivity contribution in [2.75, 3.05) is 17.2 Å². The summed E-state index contributed by atoms with van der Waals surface area (Å²) in [6, 6.07) is 11.1. The minimum atomic E-state index is -4.25. The predicted molar refractivity (Wildman–Crippen MR) is 144 cm³/mol. The van der Waals surface area contributed by atoms with E-state index >= 15 is 0 Å². The van der Waals surface area contributed by atoms with Crippen LogP contribution in [0.5, 0.6) is 5.88 Å². The fourth-order valence-electron chi connectivity index (χ4n) is 4.64. The van der Waals surface area contributed by atoms with Gasteiger partial charge in [0.2, 0.25) is 5.88 Å². The maximum absolute atomic E-state index is 13.4. The quantitative estimate of drug-likeness (QED) is 0.469. The standard InChI is InChI=1S/C26H32N6O4S.H2/c1-16(2)36-22-13-18(11-12-28-22)20-10-9-19(24(29-20)32-15-17(3)14-26(32,4)5)25(33)31-37(34,35)23-8-6-7-21(27)30-23;/h6-13,16-17H,14-15H2,1-5H3,(H2,27,30)(H,31,33);1H. The molecule has 1 saturated heterocycles. The summed E-state index contributed by atoms with van der Waals surface area (Å²) in [6.07, 6.45) is 2.50. The highest BCUT2D eigenvalue weighted by Gasteiger charge is 2.39. The van der Waals surface area contributed by atoms with Crippen molar-refractivity contribution in [3.63, 3.8) is 0 Å². The van der Waals surface area contributed by atoms with Crippen LogP contribution in [-0.4, -0.2) is 47.5 Å². The van der Waals surface area contributed by atoms with Crippen molar-refractivity contribution in [2.24, 2.45) is 5.92 Å². The molecule has 11 heteroatoms. The van der Waals surface area contributed by atoms with Gasteiger partial charge in [0.15, 0.2) is 5.03 Å². The fourth-order valence-corrected chi connectivity index (χ4v) is 5.58. The van der Waals surface area contributed by atoms with Gasteiger partial charge in [-0.05, 0) is 70.4 Å². The van der Waals surface area contributed by atoms with Crippen LogP contribution in [0.2, 0.25) is 0 Å². The summed E-state index contributed by atoms with van der Waals surface area (Å²) < 4.78 is 33.6. The van der Waals surface area contributed by atoms with E-state index in [4.69, 9.17) is 15.5 Å². The molecular weight excluding hydrogens is 492 g/mol. The zero-order chi connectivity index (χ0) is 27.0. The molecule has 10 nitrogen and oxygen atoms in total. The van der Waals surface area contributed by atoms with Crippen molar-refractivity contribution < 1.29 is 19.4 Å². The van der Waals surface area contributed by atoms with Gasteiger partial charge in [0.25, 0.3) is 15.9 Å². The van der Waals surface area contributed by atoms with Crippen molar-refractivity contribution in [3.05, 3.63) is 54.2 Å². The maximum atomic E-state index is 13.4. The lowest BCUT2D eigenvalue weighted by Gasteiger charge is -2.34. The predicted octanol–water partition coefficient (Wildman–Crippen LogP) is 3.90. The molecule has 3 aromatic heterocycles. The number of anilines is 2. The molecule has 4 rings (SSSR count). The molecule has 0 aliphatic carbocycles. The number of carbonyl (C=O) groups is 1. The average molecular weight is 527 g/mol. The zero-order valence-corrected chi connectivity index (χ0v) is 22.4. The van der Waals surface area contributed by atoms with Crippen LogP contribution in [0.1, 0.15) is 52.8 Å². The Balaban J connectivity index is 0.00000400. The minimum absolute atomic E-state index is 0. The summed E-state index contributed by atoms with van der Waals surface area (Å²) in [5.74, 6) is 0.473. The summed E-state index contributed by atoms with van der Waals surface area (Å²) in [6.45, 7) is 10.8. The minimum Gasteiger partial charge on any atom is -0.475 e. The number of nitrogen functional groups attached to an aromatic ring is 1. The Morgan fingerprint density at radius 3 is 2.62 bits per heavy atom. The van der Waals surface area contributed by atoms with Crippen LogP contribution >= 0.6 is 0 Å². The smallest absolute Gasteiger partial charge is 0.281 e. The van der Waals surface area contributed by atoms with Gasteiger partial charge in [0.05, 0.1) is 17.4 Å². The number of hydrogen-bond donors (Lipinski definition) is 2. The number of nitrogens with one attached hydrogen (secondary N) is 1. The molecule has 3 aromatic rings. The molecule has 0 aromatic carbocycles. The fraction of sp³-hybridized carbons (Fsp3) is 0.385. The molecule has 1 amide bonds. The molecule has 37 heavy (non-hydrogen) atoms. The first kappa shape index (κ1) is 26.3. The lowest BCUT2D eigenvalue weighted by Crippen LogP contribution is -2.41. The van der Waals surface area contributed by atoms with Crippen LogP contribution in [0.4, 0.5) is 11.6 Å². The monoisotopic (exact) mass is 526 g/mol. The number of hydrogen-bond acceptors (Lipinski definition) is 9. The van der Waals surface area contributed by atoms with Gasteiger partial charge in [0.1, 0.15) is 11.6 Å². The number of sulfonamides is 1. The molecule has 1 fully saturated rings. The van der Waals surface area contributed by atoms with E-state index in [0.717, 1.165) is 12.0 Å². The molecule has 1 aliphatic heterocycles. The largest absolute Gasteiger partial charge is 0.475 e. The van der Waals surface area contributed by atoms with Gasteiger partial charge in [-0.15, -0.1) is 0 Å². The summed E-state index contributed by atoms with van der Waals surface area (Å²) in [5.41, 5.74) is 6.86. The van der Waals surface area contributed by atoms with E-state index in [1.807, 2.05) is 19.9 Å². The lowest BCUT2D eigenvalue weighted by molar-refractivity contribution is 0.0981. The Kier molecular flexibility index (Phi) is 7.09. The number of amides is 1. The van der Waals surface area contributed by atoms with Crippen molar-refractivity contribution in [3.8, 4) is 17.1 Å². The zero-order valence-electron chi connectivity index (χ0n) is 21.6. The van der Waals surface area contributed by atoms with Crippen molar-refractivity contribution in [1.29, 1.82) is 0 Å². The van der Waals surface area contributed by atoms with Crippen molar-refractivity contribution in [2.45, 2.75) is 57.7 Å². The highest BCUT2D eigenvalue weighted by atomic mass is 32.2. The van der Waals surface area contributed by atoms with Crippen LogP contribution in [0.3, 0.4) is 0 Å². The second kappa shape index (κ2) is 9.97. The average Bonchev–Trinajstić information content (AvgIpc) is 3.09. The summed E-state index contributed by atoms with van der Waals surface area (Å²) >= 11 is 0. The summed E-state index contributed by atoms with van der Waals surface area (Å²) in [5, 5.41) is -0.337. The normalized spacial score (nSPS) is 17.1. The van der Waals surface area contributed by atoms with E-state index in [1.54, 1.807) is 24.4 Å². The molecule has 0 saturated carbocycles. The number of nitrogens with zero attached hydrogens (tertiary/aromatic N) is 4. The molecule has 0 radical (unpaired) electrons. The van der Waals surface area contributed by atoms with Crippen LogP contribution in [0, 0.1) is 5.92 Å². The topological polar surface area (TPSA) is 140 Å². The Labute approximate surface area is 218 Å². The number of carbonyl (C=O) groups excluding carboxylic acids is 1. The van der Waals surface area contributed by atoms with Gasteiger partial charge >= 0.3 is 0 Å². The molecule has 198 valence electrons. The van der Waals surface area contributed by atoms with E-state index < -0.39 is 15.9 Å². The Bertz CT molecular complexity index is 1430. The Morgan fingerprint density at radius 2 is 1.97 bits per heavy atom. The summed E-state index contributed by atoms with van der Waals surface area (Å²) in [4.78, 5) is 28.4. The Hall–Kier alpha value is -3.73. The third kappa shape index (κ3) is 5.82. The maximum Gasteiger partial charge on any atom is 0.281 e. The van der Waals surface area contributed by atoms with E-state index in [1.165, 1.54) is 18.2 Å². The summed E-state index contributed by atoms with van der Waals surface area (Å²) in [7, 11) is -4.25. The number of nitrogens with two attached hydrogens (primary N) is 1. The highest BCUT2D eigenvalue weighted by molar-refractivity contribution is 7.90. The van der Waals surface area contributed by atoms with Gasteiger partial charge < -0.3 is 15.4 Å². The first-order chi connectivity index (χ1) is 17.4. The van der Waals surface area contributed by atoms with E-state index in [9.17, 15) is 13.2 Å². The second-order valence-electron chi connectivity index (χ2n) is 10.2. The van der Waals surface area contributed by atoms with Gasteiger partial charge in [-0.1, -0.05) is 13.0 Å². The van der Waals surface area contributed by atoms with Gasteiger partial charge in [0, 0.05) is 31.3 Å². The SMILES string of the molecule is CC1CN(c2nc(-c3ccnc(OC(C)C)c3)ccc2C(=O)NS(=O)(=O)c2cccc(N)n2)C(C)(C)C1.[HH]. The van der Waals surface area contributed by atoms with Crippen molar-refractivity contribution in [1.82, 2.24) is 19.7 Å². The van der Waals surface area contributed by atoms with Gasteiger partial charge in [-0.3, -0.25) is 4.79 Å². The molecule has 3 N–H and O–H groups in total. The highest BCUT2D eigenvalue weighted by Crippen LogP contribution is 2.38. The van der Waals surface area contributed by atoms with E-state index in [2.05, 4.69) is 40.4 Å². The molecule has 1 unspecified atom stereocenters. The first-order valence-electron chi connectivity index (χ1n) is 12.1. The first-order valence-corrected chi connectivity index (χ1v) is 13.6. The molecule has 4 heterocycles. The third-order valence-corrected chi connectivity index (χ3v) is 7.32. The van der Waals surface area contributed by atoms with Crippen LogP contribution < -0.4 is 20.1 Å². The second-order valence-corrected chi connectivity index (χ2v) is 11.8. The number of pyridine rings is 3. The van der Waals surface area contributed by atoms with E-state index in [0.29, 0.717) is 29.9 Å². The number of aromatic nitrogens is 3. The lowest BCUT2D eigenvalue weighted by atomic mass is 9.97.